The Bertz CT molecular complexity index is 915. The van der Waals surface area contributed by atoms with Crippen LogP contribution in [0.2, 0.25) is 0 Å². The highest BCUT2D eigenvalue weighted by atomic mass is 19.1. The van der Waals surface area contributed by atoms with Crippen LogP contribution in [0, 0.1) is 12.7 Å². The summed E-state index contributed by atoms with van der Waals surface area (Å²) in [4.78, 5) is 17.3. The molecule has 25 heavy (non-hydrogen) atoms. The van der Waals surface area contributed by atoms with Crippen molar-refractivity contribution in [2.75, 3.05) is 0 Å². The normalized spacial score (nSPS) is 12.6. The maximum absolute atomic E-state index is 13.1. The Morgan fingerprint density at radius 1 is 1.20 bits per heavy atom. The minimum Gasteiger partial charge on any atom is -0.345 e. The second-order valence-electron chi connectivity index (χ2n) is 6.48. The first-order valence-electron chi connectivity index (χ1n) is 8.28. The van der Waals surface area contributed by atoms with Crippen LogP contribution in [0.1, 0.15) is 54.5 Å². The number of aryl methyl sites for hydroxylation is 1. The summed E-state index contributed by atoms with van der Waals surface area (Å²) in [6.45, 7) is 7.77. The Hall–Kier alpha value is -2.76. The van der Waals surface area contributed by atoms with Crippen molar-refractivity contribution in [3.05, 3.63) is 59.2 Å². The molecule has 0 saturated carbocycles. The minimum absolute atomic E-state index is 0.154. The molecular weight excluding hydrogens is 319 g/mol. The predicted molar refractivity (Wildman–Crippen MR) is 94.9 cm³/mol. The summed E-state index contributed by atoms with van der Waals surface area (Å²) in [6.07, 6.45) is 1.68. The number of nitrogens with one attached hydrogen (secondary N) is 1. The van der Waals surface area contributed by atoms with Crippen LogP contribution in [0.15, 0.2) is 36.5 Å². The van der Waals surface area contributed by atoms with Gasteiger partial charge in [0.15, 0.2) is 5.65 Å². The van der Waals surface area contributed by atoms with Gasteiger partial charge in [-0.2, -0.15) is 5.10 Å². The number of pyridine rings is 1. The molecule has 0 fully saturated rings. The monoisotopic (exact) mass is 340 g/mol. The van der Waals surface area contributed by atoms with E-state index in [4.69, 9.17) is 0 Å². The van der Waals surface area contributed by atoms with Crippen molar-refractivity contribution < 1.29 is 9.18 Å². The molecule has 0 spiro atoms. The van der Waals surface area contributed by atoms with Crippen LogP contribution < -0.4 is 5.32 Å². The van der Waals surface area contributed by atoms with Crippen molar-refractivity contribution >= 4 is 16.9 Å². The number of hydrogen-bond acceptors (Lipinski definition) is 3. The molecule has 3 aromatic rings. The average Bonchev–Trinajstić information content (AvgIpc) is 2.98. The van der Waals surface area contributed by atoms with E-state index in [1.54, 1.807) is 24.4 Å². The Morgan fingerprint density at radius 2 is 1.88 bits per heavy atom. The lowest BCUT2D eigenvalue weighted by molar-refractivity contribution is 0.0941. The Balaban J connectivity index is 1.93. The Labute approximate surface area is 145 Å². The number of halogens is 1. The lowest BCUT2D eigenvalue weighted by atomic mass is 10.1. The molecule has 0 unspecified atom stereocenters. The topological polar surface area (TPSA) is 59.8 Å². The van der Waals surface area contributed by atoms with Crippen LogP contribution in [0.25, 0.3) is 11.0 Å². The number of benzene rings is 1. The first-order valence-corrected chi connectivity index (χ1v) is 8.28. The third-order valence-electron chi connectivity index (χ3n) is 4.15. The van der Waals surface area contributed by atoms with E-state index in [-0.39, 0.29) is 23.8 Å². The van der Waals surface area contributed by atoms with E-state index in [1.165, 1.54) is 12.1 Å². The molecule has 0 bridgehead atoms. The van der Waals surface area contributed by atoms with Gasteiger partial charge in [0.25, 0.3) is 5.91 Å². The van der Waals surface area contributed by atoms with Gasteiger partial charge in [-0.25, -0.2) is 14.1 Å². The zero-order chi connectivity index (χ0) is 18.1. The van der Waals surface area contributed by atoms with Gasteiger partial charge in [-0.05, 0) is 51.5 Å². The van der Waals surface area contributed by atoms with E-state index in [2.05, 4.69) is 15.4 Å². The van der Waals surface area contributed by atoms with Crippen LogP contribution in [0.5, 0.6) is 0 Å². The molecule has 2 heterocycles. The lowest BCUT2D eigenvalue weighted by Crippen LogP contribution is -2.27. The van der Waals surface area contributed by atoms with Gasteiger partial charge in [-0.1, -0.05) is 12.1 Å². The van der Waals surface area contributed by atoms with Crippen molar-refractivity contribution in [2.45, 2.75) is 39.8 Å². The second kappa shape index (κ2) is 6.63. The quantitative estimate of drug-likeness (QED) is 0.782. The Kier molecular flexibility index (Phi) is 4.53. The van der Waals surface area contributed by atoms with Gasteiger partial charge in [-0.3, -0.25) is 4.79 Å². The number of carbonyl (C=O) groups excluding carboxylic acids is 1. The van der Waals surface area contributed by atoms with Crippen molar-refractivity contribution in [2.24, 2.45) is 0 Å². The van der Waals surface area contributed by atoms with Gasteiger partial charge in [0.1, 0.15) is 5.82 Å². The molecule has 1 atom stereocenters. The van der Waals surface area contributed by atoms with E-state index in [1.807, 2.05) is 32.4 Å². The predicted octanol–water partition coefficient (Wildman–Crippen LogP) is 3.95. The first kappa shape index (κ1) is 17.1. The van der Waals surface area contributed by atoms with Gasteiger partial charge in [0, 0.05) is 11.7 Å². The summed E-state index contributed by atoms with van der Waals surface area (Å²) in [5.74, 6) is -0.495. The van der Waals surface area contributed by atoms with E-state index in [0.717, 1.165) is 16.6 Å². The fraction of sp³-hybridized carbons (Fsp3) is 0.316. The van der Waals surface area contributed by atoms with Crippen LogP contribution in [0.4, 0.5) is 4.39 Å². The number of carbonyl (C=O) groups is 1. The van der Waals surface area contributed by atoms with Crippen LogP contribution in [0.3, 0.4) is 0 Å². The SMILES string of the molecule is Cc1cc(C(=O)N[C@@H](C)c2ccc(F)cc2)c2cnn(C(C)C)c2n1. The number of aromatic nitrogens is 3. The van der Waals surface area contributed by atoms with Crippen LogP contribution >= 0.6 is 0 Å². The number of amides is 1. The summed E-state index contributed by atoms with van der Waals surface area (Å²) >= 11 is 0. The Morgan fingerprint density at radius 3 is 2.52 bits per heavy atom. The molecule has 5 nitrogen and oxygen atoms in total. The van der Waals surface area contributed by atoms with Gasteiger partial charge in [0.2, 0.25) is 0 Å². The fourth-order valence-electron chi connectivity index (χ4n) is 2.82. The highest BCUT2D eigenvalue weighted by molar-refractivity contribution is 6.05. The first-order chi connectivity index (χ1) is 11.9. The maximum atomic E-state index is 13.1. The second-order valence-corrected chi connectivity index (χ2v) is 6.48. The van der Waals surface area contributed by atoms with Gasteiger partial charge >= 0.3 is 0 Å². The number of fused-ring (bicyclic) bond motifs is 1. The van der Waals surface area contributed by atoms with E-state index in [0.29, 0.717) is 11.2 Å². The third-order valence-corrected chi connectivity index (χ3v) is 4.15. The molecule has 6 heteroatoms. The average molecular weight is 340 g/mol. The van der Waals surface area contributed by atoms with Crippen molar-refractivity contribution in [1.29, 1.82) is 0 Å². The van der Waals surface area contributed by atoms with E-state index < -0.39 is 0 Å². The van der Waals surface area contributed by atoms with Crippen LogP contribution in [-0.4, -0.2) is 20.7 Å². The van der Waals surface area contributed by atoms with Gasteiger partial charge in [-0.15, -0.1) is 0 Å². The standard InChI is InChI=1S/C19H21FN4O/c1-11(2)24-18-17(10-21-24)16(9-12(3)22-18)19(25)23-13(4)14-5-7-15(20)8-6-14/h5-11,13H,1-4H3,(H,23,25)/t13-/m0/s1. The summed E-state index contributed by atoms with van der Waals surface area (Å²) < 4.78 is 14.9. The summed E-state index contributed by atoms with van der Waals surface area (Å²) in [6, 6.07) is 7.80. The molecule has 0 saturated heterocycles. The fourth-order valence-corrected chi connectivity index (χ4v) is 2.82. The summed E-state index contributed by atoms with van der Waals surface area (Å²) in [7, 11) is 0. The molecule has 0 aliphatic heterocycles. The molecule has 1 aromatic carbocycles. The largest absolute Gasteiger partial charge is 0.345 e. The van der Waals surface area contributed by atoms with Crippen molar-refractivity contribution in [3.63, 3.8) is 0 Å². The molecule has 0 radical (unpaired) electrons. The maximum Gasteiger partial charge on any atom is 0.252 e. The van der Waals surface area contributed by atoms with E-state index in [9.17, 15) is 9.18 Å². The molecule has 1 amide bonds. The van der Waals surface area contributed by atoms with E-state index >= 15 is 0 Å². The minimum atomic E-state index is -0.296. The molecule has 0 aliphatic rings. The van der Waals surface area contributed by atoms with Crippen molar-refractivity contribution in [3.8, 4) is 0 Å². The van der Waals surface area contributed by atoms with Gasteiger partial charge in [0.05, 0.1) is 23.2 Å². The zero-order valence-electron chi connectivity index (χ0n) is 14.7. The van der Waals surface area contributed by atoms with Crippen LogP contribution in [-0.2, 0) is 0 Å². The van der Waals surface area contributed by atoms with Gasteiger partial charge < -0.3 is 5.32 Å². The molecule has 0 aliphatic carbocycles. The highest BCUT2D eigenvalue weighted by Gasteiger charge is 2.18. The lowest BCUT2D eigenvalue weighted by Gasteiger charge is -2.15. The number of nitrogens with zero attached hydrogens (tertiary/aromatic N) is 3. The number of rotatable bonds is 4. The summed E-state index contributed by atoms with van der Waals surface area (Å²) in [5.41, 5.74) is 2.85. The molecule has 1 N–H and O–H groups in total. The zero-order valence-corrected chi connectivity index (χ0v) is 14.7. The molecular formula is C19H21FN4O. The molecule has 2 aromatic heterocycles. The summed E-state index contributed by atoms with van der Waals surface area (Å²) in [5, 5.41) is 8.05. The smallest absolute Gasteiger partial charge is 0.252 e. The third kappa shape index (κ3) is 3.38. The highest BCUT2D eigenvalue weighted by Crippen LogP contribution is 2.22. The number of hydrogen-bond donors (Lipinski definition) is 1. The van der Waals surface area contributed by atoms with Crippen molar-refractivity contribution in [1.82, 2.24) is 20.1 Å². The molecule has 130 valence electrons. The molecule has 3 rings (SSSR count).